The number of carbonyl (C=O) groups is 1. The maximum Gasteiger partial charge on any atom is 2.00 e. The van der Waals surface area contributed by atoms with Gasteiger partial charge < -0.3 is 4.74 Å². The van der Waals surface area contributed by atoms with E-state index in [-0.39, 0.29) is 23.0 Å². The number of rotatable bonds is 2. The summed E-state index contributed by atoms with van der Waals surface area (Å²) in [4.78, 5) is 10.5. The first kappa shape index (κ1) is 19.8. The summed E-state index contributed by atoms with van der Waals surface area (Å²) in [7, 11) is 0. The average Bonchev–Trinajstić information content (AvgIpc) is 3.00. The molecule has 0 bridgehead atoms. The summed E-state index contributed by atoms with van der Waals surface area (Å²) in [5.74, 6) is -1.01. The van der Waals surface area contributed by atoms with Gasteiger partial charge >= 0.3 is 29.2 Å². The molecule has 2 saturated carbocycles. The number of carbonyl (C=O) groups excluding carboxylic acids is 1. The Kier molecular flexibility index (Phi) is 9.56. The van der Waals surface area contributed by atoms with Gasteiger partial charge in [0.2, 0.25) is 6.10 Å². The Morgan fingerprint density at radius 2 is 1.40 bits per heavy atom. The zero-order valence-electron chi connectivity index (χ0n) is 10.6. The van der Waals surface area contributed by atoms with Crippen LogP contribution in [0, 0.1) is 63.7 Å². The van der Waals surface area contributed by atoms with Crippen LogP contribution in [0.5, 0.6) is 0 Å². The van der Waals surface area contributed by atoms with E-state index in [1.54, 1.807) is 0 Å². The Labute approximate surface area is 129 Å². The summed E-state index contributed by atoms with van der Waals surface area (Å²) >= 11 is 0. The number of hydrogen-bond acceptors (Lipinski definition) is 2. The molecule has 2 fully saturated rings. The molecule has 0 aromatic rings. The minimum absolute atomic E-state index is 0. The van der Waals surface area contributed by atoms with Gasteiger partial charge in [0.1, 0.15) is 0 Å². The van der Waals surface area contributed by atoms with Crippen molar-refractivity contribution in [2.75, 3.05) is 0 Å². The summed E-state index contributed by atoms with van der Waals surface area (Å²) in [6.45, 7) is 0.946. The van der Waals surface area contributed by atoms with Crippen LogP contribution in [-0.2, 0) is 26.6 Å². The molecule has 1 atom stereocenters. The first-order valence-corrected chi connectivity index (χ1v) is 5.53. The standard InChI is InChI=1S/C9H8F3O2.C5H5.Fe/c1-6(13)14-8(9(10,11)12)7-4-2-3-5-7;1-2-4-5-3-1;/h2-5,8H,1H3;1-5H;/q;;+2. The van der Waals surface area contributed by atoms with Gasteiger partial charge in [-0.05, 0) is 57.8 Å². The fourth-order valence-electron chi connectivity index (χ4n) is 1.37. The third-order valence-electron chi connectivity index (χ3n) is 2.13. The molecule has 2 aliphatic rings. The molecule has 0 spiro atoms. The van der Waals surface area contributed by atoms with Gasteiger partial charge in [-0.3, -0.25) is 4.79 Å². The molecule has 6 heteroatoms. The molecule has 108 valence electrons. The van der Waals surface area contributed by atoms with Gasteiger partial charge in [-0.1, -0.05) is 0 Å². The molecule has 20 heavy (non-hydrogen) atoms. The summed E-state index contributed by atoms with van der Waals surface area (Å²) in [6.07, 6.45) is 8.71. The van der Waals surface area contributed by atoms with Crippen molar-refractivity contribution in [3.63, 3.8) is 0 Å². The van der Waals surface area contributed by atoms with Crippen molar-refractivity contribution in [2.24, 2.45) is 0 Å². The zero-order valence-corrected chi connectivity index (χ0v) is 11.7. The maximum atomic E-state index is 12.4. The van der Waals surface area contributed by atoms with Crippen LogP contribution in [0.1, 0.15) is 6.92 Å². The van der Waals surface area contributed by atoms with E-state index in [9.17, 15) is 18.0 Å². The van der Waals surface area contributed by atoms with E-state index in [4.69, 9.17) is 0 Å². The fourth-order valence-corrected chi connectivity index (χ4v) is 1.37. The molecule has 2 aliphatic carbocycles. The monoisotopic (exact) mass is 326 g/mol. The summed E-state index contributed by atoms with van der Waals surface area (Å²) < 4.78 is 41.3. The molecular weight excluding hydrogens is 313 g/mol. The third kappa shape index (κ3) is 7.53. The number of alkyl halides is 3. The predicted molar refractivity (Wildman–Crippen MR) is 63.6 cm³/mol. The van der Waals surface area contributed by atoms with Gasteiger partial charge in [-0.25, -0.2) is 0 Å². The Morgan fingerprint density at radius 3 is 1.70 bits per heavy atom. The summed E-state index contributed by atoms with van der Waals surface area (Å²) in [5.41, 5.74) is 0. The van der Waals surface area contributed by atoms with E-state index in [1.807, 2.05) is 32.1 Å². The van der Waals surface area contributed by atoms with Crippen LogP contribution < -0.4 is 0 Å². The molecule has 0 amide bonds. The zero-order chi connectivity index (χ0) is 14.3. The predicted octanol–water partition coefficient (Wildman–Crippen LogP) is 2.90. The second-order valence-corrected chi connectivity index (χ2v) is 3.71. The van der Waals surface area contributed by atoms with Crippen molar-refractivity contribution in [3.8, 4) is 0 Å². The normalized spacial score (nSPS) is 20.6. The number of esters is 1. The molecule has 2 rings (SSSR count). The fraction of sp³-hybridized carbons (Fsp3) is 0.214. The minimum Gasteiger partial charge on any atom is -0.452 e. The molecule has 10 radical (unpaired) electrons. The van der Waals surface area contributed by atoms with Crippen molar-refractivity contribution in [1.29, 1.82) is 0 Å². The van der Waals surface area contributed by atoms with Gasteiger partial charge in [0.05, 0.1) is 0 Å². The maximum absolute atomic E-state index is 12.4. The molecule has 0 N–H and O–H groups in total. The first-order valence-electron chi connectivity index (χ1n) is 5.53. The summed E-state index contributed by atoms with van der Waals surface area (Å²) in [5, 5.41) is 0. The molecule has 2 nitrogen and oxygen atoms in total. The van der Waals surface area contributed by atoms with Crippen LogP contribution >= 0.6 is 0 Å². The van der Waals surface area contributed by atoms with Crippen LogP contribution in [0.15, 0.2) is 0 Å². The topological polar surface area (TPSA) is 26.3 Å². The first-order chi connectivity index (χ1) is 8.91. The van der Waals surface area contributed by atoms with Gasteiger partial charge in [-0.2, -0.15) is 13.2 Å². The van der Waals surface area contributed by atoms with Gasteiger partial charge in [-0.15, -0.1) is 0 Å². The van der Waals surface area contributed by atoms with Gasteiger partial charge in [0.15, 0.2) is 0 Å². The molecule has 0 aromatic heterocycles. The smallest absolute Gasteiger partial charge is 0.452 e. The molecule has 0 saturated heterocycles. The second kappa shape index (κ2) is 9.67. The van der Waals surface area contributed by atoms with Crippen molar-refractivity contribution in [3.05, 3.63) is 63.7 Å². The van der Waals surface area contributed by atoms with Gasteiger partial charge in [0.25, 0.3) is 0 Å². The number of hydrogen-bond donors (Lipinski definition) is 0. The van der Waals surface area contributed by atoms with E-state index < -0.39 is 18.2 Å². The van der Waals surface area contributed by atoms with E-state index in [2.05, 4.69) is 4.74 Å². The minimum atomic E-state index is -4.57. The van der Waals surface area contributed by atoms with Crippen LogP contribution in [0.4, 0.5) is 13.2 Å². The molecule has 0 heterocycles. The van der Waals surface area contributed by atoms with Crippen LogP contribution in [-0.4, -0.2) is 18.2 Å². The van der Waals surface area contributed by atoms with Crippen LogP contribution in [0.2, 0.25) is 0 Å². The molecular formula is C14H13F3FeO2+2. The van der Waals surface area contributed by atoms with Crippen molar-refractivity contribution in [1.82, 2.24) is 0 Å². The second-order valence-electron chi connectivity index (χ2n) is 3.71. The van der Waals surface area contributed by atoms with E-state index in [1.165, 1.54) is 25.7 Å². The Bertz CT molecular complexity index is 264. The largest absolute Gasteiger partial charge is 2.00 e. The van der Waals surface area contributed by atoms with E-state index in [0.717, 1.165) is 6.92 Å². The van der Waals surface area contributed by atoms with E-state index in [0.29, 0.717) is 0 Å². The van der Waals surface area contributed by atoms with Crippen molar-refractivity contribution < 1.29 is 39.8 Å². The molecule has 0 aromatic carbocycles. The third-order valence-corrected chi connectivity index (χ3v) is 2.13. The van der Waals surface area contributed by atoms with Crippen LogP contribution in [0.3, 0.4) is 0 Å². The SMILES string of the molecule is CC(=O)OC([C]1[CH][CH][CH][CH]1)C(F)(F)F.[CH]1[CH][CH][CH][CH]1.[Fe+2]. The van der Waals surface area contributed by atoms with Crippen molar-refractivity contribution in [2.45, 2.75) is 19.2 Å². The van der Waals surface area contributed by atoms with E-state index >= 15 is 0 Å². The number of halogens is 3. The Morgan fingerprint density at radius 1 is 1.00 bits per heavy atom. The van der Waals surface area contributed by atoms with Crippen molar-refractivity contribution >= 4 is 5.97 Å². The quantitative estimate of drug-likeness (QED) is 0.576. The Balaban J connectivity index is 0.000000507. The molecule has 0 aliphatic heterocycles. The average molecular weight is 326 g/mol. The Hall–Kier alpha value is -0.221. The molecule has 1 unspecified atom stereocenters. The summed E-state index contributed by atoms with van der Waals surface area (Å²) in [6, 6.07) is 0. The van der Waals surface area contributed by atoms with Crippen LogP contribution in [0.25, 0.3) is 0 Å². The van der Waals surface area contributed by atoms with Gasteiger partial charge in [0, 0.05) is 12.8 Å². The number of ether oxygens (including phenoxy) is 1.